The molecule has 88 valence electrons. The van der Waals surface area contributed by atoms with Crippen molar-refractivity contribution in [3.8, 4) is 0 Å². The standard InChI is InChI=1S/C15H16ClN/c1-11-4-3-5-13(10-11)15(2,17)12-6-8-14(16)9-7-12/h3-10H,17H2,1-2H3. The van der Waals surface area contributed by atoms with Gasteiger partial charge in [-0.1, -0.05) is 53.6 Å². The molecule has 1 unspecified atom stereocenters. The van der Waals surface area contributed by atoms with Crippen LogP contribution >= 0.6 is 11.6 Å². The van der Waals surface area contributed by atoms with E-state index in [0.29, 0.717) is 0 Å². The summed E-state index contributed by atoms with van der Waals surface area (Å²) in [7, 11) is 0. The molecule has 2 N–H and O–H groups in total. The summed E-state index contributed by atoms with van der Waals surface area (Å²) in [4.78, 5) is 0. The molecule has 0 saturated carbocycles. The number of aryl methyl sites for hydroxylation is 1. The number of rotatable bonds is 2. The number of nitrogens with two attached hydrogens (primary N) is 1. The van der Waals surface area contributed by atoms with Gasteiger partial charge in [0.2, 0.25) is 0 Å². The van der Waals surface area contributed by atoms with Crippen LogP contribution in [0.5, 0.6) is 0 Å². The van der Waals surface area contributed by atoms with Crippen LogP contribution in [0.1, 0.15) is 23.6 Å². The van der Waals surface area contributed by atoms with E-state index in [1.807, 2.05) is 37.3 Å². The lowest BCUT2D eigenvalue weighted by Gasteiger charge is -2.26. The summed E-state index contributed by atoms with van der Waals surface area (Å²) in [6.45, 7) is 4.09. The molecule has 2 aromatic carbocycles. The van der Waals surface area contributed by atoms with Crippen molar-refractivity contribution in [2.24, 2.45) is 5.73 Å². The van der Waals surface area contributed by atoms with Crippen LogP contribution in [0.3, 0.4) is 0 Å². The summed E-state index contributed by atoms with van der Waals surface area (Å²) >= 11 is 5.89. The molecule has 0 fully saturated rings. The summed E-state index contributed by atoms with van der Waals surface area (Å²) in [5, 5.41) is 0.730. The van der Waals surface area contributed by atoms with E-state index in [0.717, 1.165) is 16.1 Å². The molecule has 0 bridgehead atoms. The Morgan fingerprint density at radius 1 is 1.00 bits per heavy atom. The lowest BCUT2D eigenvalue weighted by molar-refractivity contribution is 0.602. The highest BCUT2D eigenvalue weighted by Crippen LogP contribution is 2.27. The molecule has 0 saturated heterocycles. The maximum absolute atomic E-state index is 6.44. The largest absolute Gasteiger partial charge is 0.318 e. The first-order chi connectivity index (χ1) is 8.00. The van der Waals surface area contributed by atoms with Gasteiger partial charge in [0, 0.05) is 5.02 Å². The maximum Gasteiger partial charge on any atom is 0.0637 e. The molecule has 1 atom stereocenters. The Bertz CT molecular complexity index is 515. The van der Waals surface area contributed by atoms with Crippen LogP contribution in [0, 0.1) is 6.92 Å². The second-order valence-corrected chi connectivity index (χ2v) is 5.02. The second kappa shape index (κ2) is 4.52. The average molecular weight is 246 g/mol. The van der Waals surface area contributed by atoms with Crippen LogP contribution in [0.15, 0.2) is 48.5 Å². The van der Waals surface area contributed by atoms with Crippen LogP contribution < -0.4 is 5.73 Å². The summed E-state index contributed by atoms with van der Waals surface area (Å²) in [5.74, 6) is 0. The Morgan fingerprint density at radius 3 is 2.24 bits per heavy atom. The monoisotopic (exact) mass is 245 g/mol. The number of halogens is 1. The van der Waals surface area contributed by atoms with Crippen LogP contribution in [0.2, 0.25) is 5.02 Å². The third-order valence-electron chi connectivity index (χ3n) is 3.06. The smallest absolute Gasteiger partial charge is 0.0637 e. The van der Waals surface area contributed by atoms with Gasteiger partial charge in [-0.05, 0) is 37.1 Å². The predicted molar refractivity (Wildman–Crippen MR) is 73.3 cm³/mol. The molecule has 0 radical (unpaired) electrons. The second-order valence-electron chi connectivity index (χ2n) is 4.58. The van der Waals surface area contributed by atoms with Gasteiger partial charge in [0.15, 0.2) is 0 Å². The molecule has 17 heavy (non-hydrogen) atoms. The Morgan fingerprint density at radius 2 is 1.65 bits per heavy atom. The topological polar surface area (TPSA) is 26.0 Å². The fourth-order valence-corrected chi connectivity index (χ4v) is 2.06. The fourth-order valence-electron chi connectivity index (χ4n) is 1.93. The lowest BCUT2D eigenvalue weighted by Crippen LogP contribution is -2.34. The van der Waals surface area contributed by atoms with E-state index in [1.54, 1.807) is 0 Å². The summed E-state index contributed by atoms with van der Waals surface area (Å²) in [5.41, 5.74) is 9.34. The zero-order valence-corrected chi connectivity index (χ0v) is 10.8. The van der Waals surface area contributed by atoms with Gasteiger partial charge in [-0.2, -0.15) is 0 Å². The molecule has 0 heterocycles. The highest BCUT2D eigenvalue weighted by molar-refractivity contribution is 6.30. The minimum absolute atomic E-state index is 0.489. The minimum atomic E-state index is -0.489. The summed E-state index contributed by atoms with van der Waals surface area (Å²) in [6, 6.07) is 16.0. The summed E-state index contributed by atoms with van der Waals surface area (Å²) < 4.78 is 0. The SMILES string of the molecule is Cc1cccc(C(C)(N)c2ccc(Cl)cc2)c1. The fraction of sp³-hybridized carbons (Fsp3) is 0.200. The van der Waals surface area contributed by atoms with E-state index in [2.05, 4.69) is 25.1 Å². The van der Waals surface area contributed by atoms with Crippen molar-refractivity contribution in [2.75, 3.05) is 0 Å². The van der Waals surface area contributed by atoms with E-state index < -0.39 is 5.54 Å². The molecule has 2 rings (SSSR count). The average Bonchev–Trinajstić information content (AvgIpc) is 2.29. The van der Waals surface area contributed by atoms with Gasteiger partial charge >= 0.3 is 0 Å². The molecule has 2 aromatic rings. The van der Waals surface area contributed by atoms with E-state index in [1.165, 1.54) is 5.56 Å². The first kappa shape index (κ1) is 12.2. The van der Waals surface area contributed by atoms with E-state index in [4.69, 9.17) is 17.3 Å². The van der Waals surface area contributed by atoms with Crippen LogP contribution in [0.25, 0.3) is 0 Å². The highest BCUT2D eigenvalue weighted by Gasteiger charge is 2.23. The number of hydrogen-bond donors (Lipinski definition) is 1. The van der Waals surface area contributed by atoms with Gasteiger partial charge in [0.05, 0.1) is 5.54 Å². The third kappa shape index (κ3) is 2.51. The van der Waals surface area contributed by atoms with Crippen molar-refractivity contribution >= 4 is 11.6 Å². The van der Waals surface area contributed by atoms with Crippen molar-refractivity contribution in [2.45, 2.75) is 19.4 Å². The van der Waals surface area contributed by atoms with Gasteiger partial charge in [0.1, 0.15) is 0 Å². The molecular weight excluding hydrogens is 230 g/mol. The van der Waals surface area contributed by atoms with Gasteiger partial charge < -0.3 is 5.73 Å². The molecule has 0 aromatic heterocycles. The Balaban J connectivity index is 2.45. The zero-order chi connectivity index (χ0) is 12.5. The molecule has 0 aliphatic carbocycles. The van der Waals surface area contributed by atoms with E-state index in [9.17, 15) is 0 Å². The lowest BCUT2D eigenvalue weighted by atomic mass is 9.85. The Labute approximate surface area is 107 Å². The quantitative estimate of drug-likeness (QED) is 0.854. The molecule has 2 heteroatoms. The Hall–Kier alpha value is -1.31. The molecule has 0 aliphatic rings. The molecule has 0 amide bonds. The normalized spacial score (nSPS) is 14.4. The van der Waals surface area contributed by atoms with Crippen LogP contribution in [-0.2, 0) is 5.54 Å². The highest BCUT2D eigenvalue weighted by atomic mass is 35.5. The summed E-state index contributed by atoms with van der Waals surface area (Å²) in [6.07, 6.45) is 0. The zero-order valence-electron chi connectivity index (χ0n) is 10.1. The third-order valence-corrected chi connectivity index (χ3v) is 3.31. The molecule has 0 aliphatic heterocycles. The van der Waals surface area contributed by atoms with Gasteiger partial charge in [-0.15, -0.1) is 0 Å². The molecule has 1 nitrogen and oxygen atoms in total. The Kier molecular flexibility index (Phi) is 3.23. The van der Waals surface area contributed by atoms with Gasteiger partial charge in [-0.25, -0.2) is 0 Å². The van der Waals surface area contributed by atoms with Crippen molar-refractivity contribution in [1.29, 1.82) is 0 Å². The number of benzene rings is 2. The van der Waals surface area contributed by atoms with Gasteiger partial charge in [0.25, 0.3) is 0 Å². The van der Waals surface area contributed by atoms with Crippen molar-refractivity contribution in [1.82, 2.24) is 0 Å². The van der Waals surface area contributed by atoms with E-state index >= 15 is 0 Å². The minimum Gasteiger partial charge on any atom is -0.318 e. The molecular formula is C15H16ClN. The van der Waals surface area contributed by atoms with Crippen molar-refractivity contribution < 1.29 is 0 Å². The predicted octanol–water partition coefficient (Wildman–Crippen LogP) is 3.87. The van der Waals surface area contributed by atoms with E-state index in [-0.39, 0.29) is 0 Å². The van der Waals surface area contributed by atoms with Crippen LogP contribution in [-0.4, -0.2) is 0 Å². The molecule has 0 spiro atoms. The van der Waals surface area contributed by atoms with Crippen LogP contribution in [0.4, 0.5) is 0 Å². The first-order valence-electron chi connectivity index (χ1n) is 5.62. The number of hydrogen-bond acceptors (Lipinski definition) is 1. The van der Waals surface area contributed by atoms with Gasteiger partial charge in [-0.3, -0.25) is 0 Å². The van der Waals surface area contributed by atoms with Crippen molar-refractivity contribution in [3.63, 3.8) is 0 Å². The van der Waals surface area contributed by atoms with Crippen molar-refractivity contribution in [3.05, 3.63) is 70.2 Å². The maximum atomic E-state index is 6.44. The first-order valence-corrected chi connectivity index (χ1v) is 6.00.